The molecule has 0 amide bonds. The summed E-state index contributed by atoms with van der Waals surface area (Å²) in [5.74, 6) is 1.98. The molecule has 138 heavy (non-hydrogen) atoms. The molecule has 0 spiro atoms. The van der Waals surface area contributed by atoms with Crippen molar-refractivity contribution in [1.82, 2.24) is 43.6 Å². The predicted octanol–water partition coefficient (Wildman–Crippen LogP) is 33.8. The van der Waals surface area contributed by atoms with Crippen LogP contribution in [0.2, 0.25) is 0 Å². The molecule has 0 unspecified atom stereocenters. The molecule has 0 aliphatic heterocycles. The molecule has 0 fully saturated rings. The lowest BCUT2D eigenvalue weighted by atomic mass is 10.0. The van der Waals surface area contributed by atoms with Crippen molar-refractivity contribution in [2.24, 2.45) is 0 Å². The zero-order valence-corrected chi connectivity index (χ0v) is 76.1. The highest BCUT2D eigenvalue weighted by Crippen LogP contribution is 2.48. The summed E-state index contributed by atoms with van der Waals surface area (Å²) in [5.41, 5.74) is 30.3. The Morgan fingerprint density at radius 2 is 0.500 bits per heavy atom. The summed E-state index contributed by atoms with van der Waals surface area (Å²) < 4.78 is 13.7. The van der Waals surface area contributed by atoms with Crippen LogP contribution in [0.25, 0.3) is 254 Å². The lowest BCUT2D eigenvalue weighted by Gasteiger charge is -2.10. The van der Waals surface area contributed by atoms with Gasteiger partial charge in [0.05, 0.1) is 106 Å². The lowest BCUT2D eigenvalue weighted by Crippen LogP contribution is -1.94. The number of thiophene rings is 3. The predicted molar refractivity (Wildman–Crippen MR) is 574 cm³/mol. The first-order chi connectivity index (χ1) is 68.2. The Kier molecular flexibility index (Phi) is 20.4. The summed E-state index contributed by atoms with van der Waals surface area (Å²) >= 11 is 5.14. The van der Waals surface area contributed by atoms with E-state index in [4.69, 9.17) is 43.0 Å². The van der Waals surface area contributed by atoms with E-state index in [1.807, 2.05) is 146 Å². The van der Waals surface area contributed by atoms with Crippen LogP contribution >= 0.6 is 34.0 Å². The molecule has 9 aromatic heterocycles. The Morgan fingerprint density at radius 3 is 0.862 bits per heavy atom. The largest absolute Gasteiger partial charge is 0.309 e. The molecule has 27 rings (SSSR count). The molecule has 0 aliphatic carbocycles. The van der Waals surface area contributed by atoms with E-state index in [2.05, 4.69) is 315 Å². The van der Waals surface area contributed by atoms with Gasteiger partial charge in [-0.2, -0.15) is 5.26 Å². The van der Waals surface area contributed by atoms with E-state index in [1.54, 1.807) is 40.1 Å². The Bertz CT molecular complexity index is 9390. The fourth-order valence-corrected chi connectivity index (χ4v) is 22.8. The monoisotopic (exact) mass is 1810 g/mol. The average molecular weight is 1810 g/mol. The van der Waals surface area contributed by atoms with Crippen LogP contribution in [0.5, 0.6) is 0 Å². The van der Waals surface area contributed by atoms with Crippen LogP contribution in [-0.4, -0.2) is 43.6 Å². The topological polar surface area (TPSA) is 125 Å². The summed E-state index contributed by atoms with van der Waals surface area (Å²) in [7, 11) is 0. The second-order valence-electron chi connectivity index (χ2n) is 34.0. The van der Waals surface area contributed by atoms with E-state index in [1.165, 1.54) is 65.4 Å². The molecule has 0 N–H and O–H groups in total. The number of aromatic nitrogens is 9. The van der Waals surface area contributed by atoms with Crippen molar-refractivity contribution in [2.75, 3.05) is 0 Å². The van der Waals surface area contributed by atoms with Crippen LogP contribution in [0.4, 0.5) is 11.4 Å². The molecule has 27 aromatic rings. The molecule has 642 valence electrons. The SMILES string of the molecule is N#Cc1cccc(-c2nc(-c3ccccc3)c3sc4ccc(-c5cccc(-n6c7ccccc7c7ccccc76)c5)cc4c3n2)c1.[C-]#[N+]c1ccc(-c2nc(-c3ccccc3)nc3c2sc2ccc(-c4cccc(-n5c6ccccc6c6ccccc65)c4)cc23)cc1.[C-]#[N+]c1cccc(-c2nc(-c3ccccc3)nc3c2sc2ccc(-c4cccc(-n5c6ccccc6c6ccccc65)c4)cc23)c1. The maximum absolute atomic E-state index is 9.55. The quantitative estimate of drug-likeness (QED) is 0.112. The lowest BCUT2D eigenvalue weighted by molar-refractivity contribution is 1.18. The maximum atomic E-state index is 9.55. The van der Waals surface area contributed by atoms with Gasteiger partial charge in [-0.25, -0.2) is 39.6 Å². The Morgan fingerprint density at radius 1 is 0.217 bits per heavy atom. The number of para-hydroxylation sites is 6. The van der Waals surface area contributed by atoms with Crippen molar-refractivity contribution >= 4 is 172 Å². The van der Waals surface area contributed by atoms with Gasteiger partial charge >= 0.3 is 0 Å². The summed E-state index contributed by atoms with van der Waals surface area (Å²) in [5, 5.41) is 20.4. The summed E-state index contributed by atoms with van der Waals surface area (Å²) in [6.45, 7) is 15.0. The molecule has 0 saturated carbocycles. The van der Waals surface area contributed by atoms with Crippen molar-refractivity contribution in [1.29, 1.82) is 5.26 Å². The zero-order chi connectivity index (χ0) is 91.8. The minimum absolute atomic E-state index is 0.586. The van der Waals surface area contributed by atoms with E-state index < -0.39 is 0 Å². The van der Waals surface area contributed by atoms with Gasteiger partial charge in [0.2, 0.25) is 0 Å². The van der Waals surface area contributed by atoms with Crippen LogP contribution in [0.1, 0.15) is 5.56 Å². The molecule has 12 nitrogen and oxygen atoms in total. The van der Waals surface area contributed by atoms with Crippen LogP contribution in [-0.2, 0) is 0 Å². The summed E-state index contributed by atoms with van der Waals surface area (Å²) in [6.07, 6.45) is 0. The highest BCUT2D eigenvalue weighted by molar-refractivity contribution is 7.27. The molecule has 15 heteroatoms. The average Bonchev–Trinajstić information content (AvgIpc) is 1.61. The van der Waals surface area contributed by atoms with Crippen LogP contribution < -0.4 is 0 Å². The fraction of sp³-hybridized carbons (Fsp3) is 0. The zero-order valence-electron chi connectivity index (χ0n) is 73.7. The molecule has 0 atom stereocenters. The van der Waals surface area contributed by atoms with Crippen molar-refractivity contribution in [3.05, 3.63) is 465 Å². The van der Waals surface area contributed by atoms with Crippen molar-refractivity contribution in [3.63, 3.8) is 0 Å². The van der Waals surface area contributed by atoms with Gasteiger partial charge in [-0.3, -0.25) is 0 Å². The summed E-state index contributed by atoms with van der Waals surface area (Å²) in [6, 6.07) is 154. The maximum Gasteiger partial charge on any atom is 0.187 e. The van der Waals surface area contributed by atoms with E-state index in [-0.39, 0.29) is 0 Å². The normalized spacial score (nSPS) is 11.5. The second kappa shape index (κ2) is 34.4. The van der Waals surface area contributed by atoms with Gasteiger partial charge in [0.15, 0.2) is 28.8 Å². The highest BCUT2D eigenvalue weighted by Gasteiger charge is 2.25. The van der Waals surface area contributed by atoms with Gasteiger partial charge in [0.1, 0.15) is 0 Å². The summed E-state index contributed by atoms with van der Waals surface area (Å²) in [4.78, 5) is 37.9. The number of benzene rings is 18. The van der Waals surface area contributed by atoms with Crippen molar-refractivity contribution in [2.45, 2.75) is 0 Å². The first-order valence-corrected chi connectivity index (χ1v) is 47.8. The number of fused-ring (bicyclic) bond motifs is 18. The number of rotatable bonds is 12. The Hall–Kier alpha value is -18.3. The van der Waals surface area contributed by atoms with Gasteiger partial charge in [0, 0.05) is 102 Å². The molecular weight excluding hydrogens is 1740 g/mol. The van der Waals surface area contributed by atoms with E-state index in [0.29, 0.717) is 34.4 Å². The van der Waals surface area contributed by atoms with E-state index in [0.717, 1.165) is 162 Å². The minimum atomic E-state index is 0.586. The van der Waals surface area contributed by atoms with Crippen LogP contribution in [0.15, 0.2) is 437 Å². The second-order valence-corrected chi connectivity index (χ2v) is 37.2. The van der Waals surface area contributed by atoms with Crippen LogP contribution in [0.3, 0.4) is 0 Å². The Balaban J connectivity index is 0.000000110. The molecule has 9 heterocycles. The number of nitriles is 1. The van der Waals surface area contributed by atoms with Gasteiger partial charge in [0.25, 0.3) is 0 Å². The van der Waals surface area contributed by atoms with Crippen molar-refractivity contribution < 1.29 is 0 Å². The minimum Gasteiger partial charge on any atom is -0.309 e. The highest BCUT2D eigenvalue weighted by atomic mass is 32.1. The molecule has 0 aliphatic rings. The van der Waals surface area contributed by atoms with Gasteiger partial charge < -0.3 is 13.7 Å². The van der Waals surface area contributed by atoms with Gasteiger partial charge in [-0.1, -0.05) is 309 Å². The Labute approximate surface area is 804 Å². The number of hydrogen-bond donors (Lipinski definition) is 0. The third kappa shape index (κ3) is 14.5. The molecule has 0 radical (unpaired) electrons. The van der Waals surface area contributed by atoms with Gasteiger partial charge in [-0.15, -0.1) is 34.0 Å². The number of nitrogens with zero attached hydrogens (tertiary/aromatic N) is 12. The van der Waals surface area contributed by atoms with Gasteiger partial charge in [-0.05, 0) is 172 Å². The first kappa shape index (κ1) is 81.7. The molecule has 0 bridgehead atoms. The number of hydrogen-bond acceptors (Lipinski definition) is 10. The third-order valence-electron chi connectivity index (χ3n) is 25.9. The first-order valence-electron chi connectivity index (χ1n) is 45.4. The third-order valence-corrected chi connectivity index (χ3v) is 29.4. The van der Waals surface area contributed by atoms with E-state index >= 15 is 0 Å². The standard InChI is InChI=1S/3C41H24N4S/c1-42-30-15-9-14-29(23-30)38-40-39(44-41(43-38)26-11-3-2-4-12-26)34-25-28(21-22-37(34)46-40)27-13-10-16-31(24-27)45-35-19-7-5-17-32(35)33-18-6-8-20-36(33)45;1-42-30-21-18-26(19-22-30)38-40-39(44-41(43-38)27-10-3-2-4-11-27)34-25-29(20-23-37(34)46-40)28-12-9-13-31(24-28)45-35-16-7-5-14-32(35)33-15-6-8-17-36(33)45;42-25-26-10-8-14-30(22-26)41-43-38(27-11-2-1-3-12-27)40-39(44-41)34-24-29(20-21-37(34)46-40)28-13-9-15-31(23-28)45-35-18-6-4-16-32(35)33-17-5-7-19-36(33)45/h2*2-25H;1-24H. The van der Waals surface area contributed by atoms with E-state index in [9.17, 15) is 5.26 Å². The van der Waals surface area contributed by atoms with Crippen molar-refractivity contribution in [3.8, 4) is 124 Å². The molecule has 0 saturated heterocycles. The van der Waals surface area contributed by atoms with Crippen LogP contribution in [0, 0.1) is 24.5 Å². The molecular formula is C123H72N12S3. The fourth-order valence-electron chi connectivity index (χ4n) is 19.4. The molecule has 18 aromatic carbocycles. The smallest absolute Gasteiger partial charge is 0.187 e.